The number of rotatable bonds is 1. The molecule has 3 heteroatoms. The normalized spacial score (nSPS) is 17.5. The first-order valence-electron chi connectivity index (χ1n) is 5.94. The summed E-state index contributed by atoms with van der Waals surface area (Å²) >= 11 is 0. The third-order valence-corrected chi connectivity index (χ3v) is 3.12. The smallest absolute Gasteiger partial charge is 0.166 e. The molecule has 0 aliphatic heterocycles. The van der Waals surface area contributed by atoms with Gasteiger partial charge >= 0.3 is 6.18 Å². The monoisotopic (exact) mass is 240 g/mol. The molecule has 0 saturated carbocycles. The summed E-state index contributed by atoms with van der Waals surface area (Å²) in [6.45, 7) is 0. The molecule has 0 atom stereocenters. The van der Waals surface area contributed by atoms with E-state index in [-0.39, 0.29) is 0 Å². The summed E-state index contributed by atoms with van der Waals surface area (Å²) in [4.78, 5) is 0. The van der Waals surface area contributed by atoms with E-state index < -0.39 is 11.7 Å². The van der Waals surface area contributed by atoms with Crippen LogP contribution < -0.4 is 0 Å². The van der Waals surface area contributed by atoms with Crippen LogP contribution in [0.5, 0.6) is 0 Å². The van der Waals surface area contributed by atoms with Gasteiger partial charge in [0.1, 0.15) is 0 Å². The maximum atomic E-state index is 12.4. The van der Waals surface area contributed by atoms with Crippen molar-refractivity contribution in [1.29, 1.82) is 0 Å². The summed E-state index contributed by atoms with van der Waals surface area (Å²) < 4.78 is 37.2. The molecule has 0 radical (unpaired) electrons. The number of hydrogen-bond donors (Lipinski definition) is 0. The highest BCUT2D eigenvalue weighted by molar-refractivity contribution is 5.66. The van der Waals surface area contributed by atoms with E-state index in [1.165, 1.54) is 30.5 Å². The molecule has 0 bridgehead atoms. The Morgan fingerprint density at radius 3 is 2.24 bits per heavy atom. The molecule has 1 aromatic rings. The van der Waals surface area contributed by atoms with Crippen LogP contribution in [0.15, 0.2) is 30.3 Å². The van der Waals surface area contributed by atoms with Gasteiger partial charge in [0, 0.05) is 0 Å². The average Bonchev–Trinajstić information content (AvgIpc) is 2.56. The fraction of sp³-hybridized carbons (Fsp3) is 0.429. The molecule has 0 fully saturated rings. The maximum Gasteiger partial charge on any atom is 0.416 e. The molecular weight excluding hydrogens is 225 g/mol. The number of halogens is 3. The Morgan fingerprint density at radius 1 is 0.882 bits per heavy atom. The van der Waals surface area contributed by atoms with Crippen LogP contribution in [-0.2, 0) is 6.18 Å². The Morgan fingerprint density at radius 2 is 1.59 bits per heavy atom. The Kier molecular flexibility index (Phi) is 3.55. The highest BCUT2D eigenvalue weighted by Gasteiger charge is 2.29. The van der Waals surface area contributed by atoms with E-state index in [2.05, 4.69) is 6.08 Å². The maximum absolute atomic E-state index is 12.4. The highest BCUT2D eigenvalue weighted by atomic mass is 19.4. The Labute approximate surface area is 99.2 Å². The van der Waals surface area contributed by atoms with Gasteiger partial charge in [-0.3, -0.25) is 0 Å². The highest BCUT2D eigenvalue weighted by Crippen LogP contribution is 2.31. The van der Waals surface area contributed by atoms with E-state index in [0.717, 1.165) is 24.8 Å². The van der Waals surface area contributed by atoms with Crippen LogP contribution in [0, 0.1) is 0 Å². The molecule has 0 amide bonds. The minimum Gasteiger partial charge on any atom is -0.166 e. The largest absolute Gasteiger partial charge is 0.416 e. The molecule has 92 valence electrons. The third kappa shape index (κ3) is 3.11. The zero-order valence-electron chi connectivity index (χ0n) is 9.56. The van der Waals surface area contributed by atoms with Gasteiger partial charge < -0.3 is 0 Å². The number of hydrogen-bond acceptors (Lipinski definition) is 0. The van der Waals surface area contributed by atoms with Gasteiger partial charge in [0.05, 0.1) is 5.56 Å². The molecule has 0 N–H and O–H groups in total. The Bertz CT molecular complexity index is 398. The number of alkyl halides is 3. The average molecular weight is 240 g/mol. The molecule has 17 heavy (non-hydrogen) atoms. The fourth-order valence-electron chi connectivity index (χ4n) is 2.15. The van der Waals surface area contributed by atoms with E-state index in [0.29, 0.717) is 0 Å². The van der Waals surface area contributed by atoms with Crippen molar-refractivity contribution in [2.24, 2.45) is 0 Å². The lowest BCUT2D eigenvalue weighted by Crippen LogP contribution is -2.04. The summed E-state index contributed by atoms with van der Waals surface area (Å²) in [5.41, 5.74) is 1.55. The molecule has 2 rings (SSSR count). The molecule has 0 aromatic heterocycles. The minimum absolute atomic E-state index is 0.574. The van der Waals surface area contributed by atoms with Crippen molar-refractivity contribution in [3.05, 3.63) is 41.5 Å². The Hall–Kier alpha value is -1.25. The first-order chi connectivity index (χ1) is 8.07. The molecule has 0 nitrogen and oxygen atoms in total. The van der Waals surface area contributed by atoms with E-state index in [1.807, 2.05) is 0 Å². The molecule has 1 aromatic carbocycles. The standard InChI is InChI=1S/C14H15F3/c15-14(16,17)13-9-7-12(8-10-13)11-5-3-1-2-4-6-11/h5,7-10H,1-4,6H2. The van der Waals surface area contributed by atoms with Crippen molar-refractivity contribution in [1.82, 2.24) is 0 Å². The molecule has 0 unspecified atom stereocenters. The molecule has 0 heterocycles. The lowest BCUT2D eigenvalue weighted by molar-refractivity contribution is -0.137. The van der Waals surface area contributed by atoms with Gasteiger partial charge in [-0.05, 0) is 49.0 Å². The topological polar surface area (TPSA) is 0 Å². The van der Waals surface area contributed by atoms with Crippen molar-refractivity contribution in [2.75, 3.05) is 0 Å². The summed E-state index contributed by atoms with van der Waals surface area (Å²) in [7, 11) is 0. The molecule has 0 saturated heterocycles. The van der Waals surface area contributed by atoms with Crippen molar-refractivity contribution in [3.8, 4) is 0 Å². The quantitative estimate of drug-likeness (QED) is 0.644. The van der Waals surface area contributed by atoms with Gasteiger partial charge in [0.15, 0.2) is 0 Å². The van der Waals surface area contributed by atoms with Gasteiger partial charge in [-0.15, -0.1) is 0 Å². The molecule has 0 spiro atoms. The minimum atomic E-state index is -4.24. The second-order valence-electron chi connectivity index (χ2n) is 4.40. The second kappa shape index (κ2) is 4.94. The predicted molar refractivity (Wildman–Crippen MR) is 62.5 cm³/mol. The summed E-state index contributed by atoms with van der Waals surface area (Å²) in [5, 5.41) is 0. The van der Waals surface area contributed by atoms with Crippen molar-refractivity contribution in [2.45, 2.75) is 38.3 Å². The Balaban J connectivity index is 2.20. The fourth-order valence-corrected chi connectivity index (χ4v) is 2.15. The number of allylic oxidation sites excluding steroid dienone is 2. The predicted octanol–water partition coefficient (Wildman–Crippen LogP) is 5.05. The lowest BCUT2D eigenvalue weighted by Gasteiger charge is -2.09. The molecular formula is C14H15F3. The third-order valence-electron chi connectivity index (χ3n) is 3.12. The van der Waals surface area contributed by atoms with Crippen LogP contribution in [0.3, 0.4) is 0 Å². The van der Waals surface area contributed by atoms with Crippen LogP contribution >= 0.6 is 0 Å². The van der Waals surface area contributed by atoms with E-state index >= 15 is 0 Å². The van der Waals surface area contributed by atoms with Gasteiger partial charge in [0.25, 0.3) is 0 Å². The van der Waals surface area contributed by atoms with E-state index in [4.69, 9.17) is 0 Å². The summed E-state index contributed by atoms with van der Waals surface area (Å²) in [6.07, 6.45) is 3.46. The zero-order valence-corrected chi connectivity index (χ0v) is 9.56. The first-order valence-corrected chi connectivity index (χ1v) is 5.94. The van der Waals surface area contributed by atoms with Crippen LogP contribution in [0.1, 0.15) is 43.2 Å². The van der Waals surface area contributed by atoms with E-state index in [1.54, 1.807) is 12.1 Å². The van der Waals surface area contributed by atoms with Crippen LogP contribution in [-0.4, -0.2) is 0 Å². The van der Waals surface area contributed by atoms with Gasteiger partial charge in [-0.1, -0.05) is 24.6 Å². The second-order valence-corrected chi connectivity index (χ2v) is 4.40. The van der Waals surface area contributed by atoms with Crippen LogP contribution in [0.2, 0.25) is 0 Å². The van der Waals surface area contributed by atoms with Crippen LogP contribution in [0.25, 0.3) is 5.57 Å². The summed E-state index contributed by atoms with van der Waals surface area (Å²) in [6, 6.07) is 5.50. The van der Waals surface area contributed by atoms with Crippen molar-refractivity contribution >= 4 is 5.57 Å². The zero-order chi connectivity index (χ0) is 12.3. The molecule has 1 aliphatic rings. The van der Waals surface area contributed by atoms with Gasteiger partial charge in [-0.25, -0.2) is 0 Å². The van der Waals surface area contributed by atoms with Gasteiger partial charge in [0.2, 0.25) is 0 Å². The SMILES string of the molecule is FC(F)(F)c1ccc(C2=CCCCCC2)cc1. The van der Waals surface area contributed by atoms with E-state index in [9.17, 15) is 13.2 Å². The first kappa shape index (κ1) is 12.2. The number of benzene rings is 1. The van der Waals surface area contributed by atoms with Crippen molar-refractivity contribution in [3.63, 3.8) is 0 Å². The lowest BCUT2D eigenvalue weighted by atomic mass is 10.00. The molecule has 1 aliphatic carbocycles. The summed E-state index contributed by atoms with van der Waals surface area (Å²) in [5.74, 6) is 0. The van der Waals surface area contributed by atoms with Crippen LogP contribution in [0.4, 0.5) is 13.2 Å². The van der Waals surface area contributed by atoms with Gasteiger partial charge in [-0.2, -0.15) is 13.2 Å². The van der Waals surface area contributed by atoms with Crippen molar-refractivity contribution < 1.29 is 13.2 Å².